The number of halogens is 2. The van der Waals surface area contributed by atoms with Crippen LogP contribution in [0.4, 0.5) is 16.0 Å². The summed E-state index contributed by atoms with van der Waals surface area (Å²) >= 11 is 6.30. The zero-order chi connectivity index (χ0) is 30.2. The third kappa shape index (κ3) is 8.03. The van der Waals surface area contributed by atoms with E-state index in [2.05, 4.69) is 30.4 Å². The number of carbonyl (C=O) groups is 1. The van der Waals surface area contributed by atoms with Crippen LogP contribution >= 0.6 is 11.6 Å². The van der Waals surface area contributed by atoms with Gasteiger partial charge in [-0.05, 0) is 50.0 Å². The van der Waals surface area contributed by atoms with Crippen molar-refractivity contribution in [2.75, 3.05) is 31.4 Å². The van der Waals surface area contributed by atoms with Crippen molar-refractivity contribution in [3.8, 4) is 11.6 Å². The number of para-hydroxylation sites is 1. The average molecular weight is 598 g/mol. The van der Waals surface area contributed by atoms with Crippen molar-refractivity contribution < 1.29 is 13.9 Å². The number of amides is 1. The summed E-state index contributed by atoms with van der Waals surface area (Å²) in [7, 11) is 3.85. The van der Waals surface area contributed by atoms with E-state index < -0.39 is 0 Å². The predicted octanol–water partition coefficient (Wildman–Crippen LogP) is 6.57. The van der Waals surface area contributed by atoms with Gasteiger partial charge in [0.05, 0.1) is 12.4 Å². The maximum absolute atomic E-state index is 13.4. The maximum atomic E-state index is 13.4. The second-order valence-electron chi connectivity index (χ2n) is 9.86. The van der Waals surface area contributed by atoms with Gasteiger partial charge in [-0.25, -0.2) is 14.8 Å². The molecule has 5 aromatic rings. The molecule has 0 aliphatic heterocycles. The number of rotatable bonds is 11. The fourth-order valence-electron chi connectivity index (χ4n) is 4.24. The van der Waals surface area contributed by atoms with Gasteiger partial charge >= 0.3 is 0 Å². The molecular weight excluding hydrogens is 569 g/mol. The summed E-state index contributed by atoms with van der Waals surface area (Å²) in [6.07, 6.45) is 8.34. The second kappa shape index (κ2) is 13.7. The van der Waals surface area contributed by atoms with Crippen molar-refractivity contribution >= 4 is 46.3 Å². The van der Waals surface area contributed by atoms with Gasteiger partial charge < -0.3 is 19.5 Å². The molecular formula is C32H29ClFN7O2. The van der Waals surface area contributed by atoms with Crippen molar-refractivity contribution in [1.82, 2.24) is 19.4 Å². The van der Waals surface area contributed by atoms with Crippen LogP contribution in [0.1, 0.15) is 11.1 Å². The Balaban J connectivity index is 1.27. The number of nitrogens with zero attached hydrogens (tertiary/aromatic N) is 5. The molecule has 2 N–H and O–H groups in total. The lowest BCUT2D eigenvalue weighted by molar-refractivity contribution is -0.111. The van der Waals surface area contributed by atoms with E-state index in [0.717, 1.165) is 22.0 Å². The standard InChI is InChI=1S/C32H29ClFN7O2/c1-40(2)16-6-11-30(42)37-25-7-5-8-26(17-25)43-31-28(33)19-35-32(38-31)39-36-18-23-21-41(29-10-4-3-9-27(23)29)20-22-12-14-24(34)15-13-22/h3-15,17-19,21H,16,20H2,1-2H3,(H,37,42)(H,35,38,39)/b11-6+,36-18+. The number of carbonyl (C=O) groups excluding carboxylic acids is 1. The molecule has 9 nitrogen and oxygen atoms in total. The summed E-state index contributed by atoms with van der Waals surface area (Å²) in [6.45, 7) is 1.24. The fourth-order valence-corrected chi connectivity index (χ4v) is 4.36. The minimum atomic E-state index is -0.265. The molecule has 1 amide bonds. The van der Waals surface area contributed by atoms with Crippen molar-refractivity contribution in [2.45, 2.75) is 6.54 Å². The van der Waals surface area contributed by atoms with Crippen LogP contribution in [-0.2, 0) is 11.3 Å². The number of fused-ring (bicyclic) bond motifs is 1. The predicted molar refractivity (Wildman–Crippen MR) is 169 cm³/mol. The van der Waals surface area contributed by atoms with E-state index in [1.54, 1.807) is 48.7 Å². The summed E-state index contributed by atoms with van der Waals surface area (Å²) in [4.78, 5) is 22.7. The number of likely N-dealkylation sites (N-methyl/N-ethyl adjacent to an activating group) is 1. The van der Waals surface area contributed by atoms with Crippen LogP contribution in [0.3, 0.4) is 0 Å². The van der Waals surface area contributed by atoms with Gasteiger partial charge in [0.2, 0.25) is 17.7 Å². The highest BCUT2D eigenvalue weighted by Gasteiger charge is 2.10. The summed E-state index contributed by atoms with van der Waals surface area (Å²) in [5.74, 6) is 0.223. The van der Waals surface area contributed by atoms with Crippen LogP contribution in [0.2, 0.25) is 5.02 Å². The number of hydrazone groups is 1. The van der Waals surface area contributed by atoms with E-state index in [1.807, 2.05) is 49.5 Å². The largest absolute Gasteiger partial charge is 0.437 e. The third-order valence-electron chi connectivity index (χ3n) is 6.22. The molecule has 2 heterocycles. The summed E-state index contributed by atoms with van der Waals surface area (Å²) in [5, 5.41) is 8.36. The van der Waals surface area contributed by atoms with Gasteiger partial charge in [0.1, 0.15) is 16.6 Å². The van der Waals surface area contributed by atoms with Crippen LogP contribution < -0.4 is 15.5 Å². The Morgan fingerprint density at radius 1 is 1.12 bits per heavy atom. The van der Waals surface area contributed by atoms with Gasteiger partial charge in [-0.3, -0.25) is 4.79 Å². The number of hydrogen-bond acceptors (Lipinski definition) is 7. The van der Waals surface area contributed by atoms with Gasteiger partial charge in [0.15, 0.2) is 0 Å². The zero-order valence-electron chi connectivity index (χ0n) is 23.5. The zero-order valence-corrected chi connectivity index (χ0v) is 24.3. The Morgan fingerprint density at radius 3 is 2.74 bits per heavy atom. The molecule has 0 radical (unpaired) electrons. The smallest absolute Gasteiger partial charge is 0.248 e. The molecule has 5 rings (SSSR count). The molecule has 0 aliphatic rings. The van der Waals surface area contributed by atoms with E-state index >= 15 is 0 Å². The van der Waals surface area contributed by atoms with E-state index in [9.17, 15) is 9.18 Å². The van der Waals surface area contributed by atoms with Crippen molar-refractivity contribution in [2.24, 2.45) is 5.10 Å². The lowest BCUT2D eigenvalue weighted by Gasteiger charge is -2.09. The van der Waals surface area contributed by atoms with Crippen molar-refractivity contribution in [3.63, 3.8) is 0 Å². The van der Waals surface area contributed by atoms with Crippen LogP contribution in [0.25, 0.3) is 10.9 Å². The summed E-state index contributed by atoms with van der Waals surface area (Å²) < 4.78 is 21.3. The Kier molecular flexibility index (Phi) is 9.40. The minimum absolute atomic E-state index is 0.125. The maximum Gasteiger partial charge on any atom is 0.248 e. The lowest BCUT2D eigenvalue weighted by atomic mass is 10.2. The van der Waals surface area contributed by atoms with E-state index in [1.165, 1.54) is 24.4 Å². The Hall–Kier alpha value is -5.06. The van der Waals surface area contributed by atoms with Crippen molar-refractivity contribution in [3.05, 3.63) is 119 Å². The fraction of sp³-hybridized carbons (Fsp3) is 0.125. The first-order chi connectivity index (χ1) is 20.8. The van der Waals surface area contributed by atoms with Gasteiger partial charge in [0, 0.05) is 53.6 Å². The highest BCUT2D eigenvalue weighted by atomic mass is 35.5. The van der Waals surface area contributed by atoms with Gasteiger partial charge in [-0.1, -0.05) is 54.1 Å². The van der Waals surface area contributed by atoms with Crippen molar-refractivity contribution in [1.29, 1.82) is 0 Å². The average Bonchev–Trinajstić information content (AvgIpc) is 3.33. The first-order valence-corrected chi connectivity index (χ1v) is 13.8. The number of hydrogen-bond donors (Lipinski definition) is 2. The van der Waals surface area contributed by atoms with Gasteiger partial charge in [-0.15, -0.1) is 0 Å². The number of aromatic nitrogens is 3. The molecule has 0 bridgehead atoms. The van der Waals surface area contributed by atoms with E-state index in [-0.39, 0.29) is 28.6 Å². The highest BCUT2D eigenvalue weighted by Crippen LogP contribution is 2.29. The van der Waals surface area contributed by atoms with Gasteiger partial charge in [0.25, 0.3) is 0 Å². The Labute approximate surface area is 253 Å². The topological polar surface area (TPSA) is 96.7 Å². The molecule has 0 saturated carbocycles. The van der Waals surface area contributed by atoms with Crippen LogP contribution in [0.5, 0.6) is 11.6 Å². The minimum Gasteiger partial charge on any atom is -0.437 e. The molecule has 218 valence electrons. The third-order valence-corrected chi connectivity index (χ3v) is 6.48. The number of anilines is 2. The van der Waals surface area contributed by atoms with Crippen LogP contribution in [-0.4, -0.2) is 52.2 Å². The Morgan fingerprint density at radius 2 is 1.93 bits per heavy atom. The normalized spacial score (nSPS) is 11.6. The molecule has 0 unspecified atom stereocenters. The summed E-state index contributed by atoms with van der Waals surface area (Å²) in [6, 6.07) is 21.3. The SMILES string of the molecule is CN(C)C/C=C/C(=O)Nc1cccc(Oc2nc(N/N=C/c3cn(Cc4ccc(F)cc4)c4ccccc34)ncc2Cl)c1. The monoisotopic (exact) mass is 597 g/mol. The second-order valence-corrected chi connectivity index (χ2v) is 10.3. The molecule has 0 spiro atoms. The first-order valence-electron chi connectivity index (χ1n) is 13.4. The first kappa shape index (κ1) is 29.4. The molecule has 0 saturated heterocycles. The molecule has 11 heteroatoms. The highest BCUT2D eigenvalue weighted by molar-refractivity contribution is 6.31. The van der Waals surface area contributed by atoms with E-state index in [0.29, 0.717) is 24.5 Å². The number of ether oxygens (including phenoxy) is 1. The molecule has 0 atom stereocenters. The Bertz CT molecular complexity index is 1780. The van der Waals surface area contributed by atoms with Gasteiger partial charge in [-0.2, -0.15) is 10.1 Å². The lowest BCUT2D eigenvalue weighted by Crippen LogP contribution is -2.12. The molecule has 0 fully saturated rings. The number of nitrogens with one attached hydrogen (secondary N) is 2. The molecule has 3 aromatic carbocycles. The van der Waals surface area contributed by atoms with Crippen LogP contribution in [0, 0.1) is 5.82 Å². The van der Waals surface area contributed by atoms with Crippen LogP contribution in [0.15, 0.2) is 102 Å². The summed E-state index contributed by atoms with van der Waals surface area (Å²) in [5.41, 5.74) is 6.28. The molecule has 2 aromatic heterocycles. The number of benzene rings is 3. The quantitative estimate of drug-likeness (QED) is 0.102. The molecule has 0 aliphatic carbocycles. The molecule has 43 heavy (non-hydrogen) atoms. The van der Waals surface area contributed by atoms with E-state index in [4.69, 9.17) is 16.3 Å².